The molecule has 0 aromatic heterocycles. The number of nitrogens with one attached hydrogen (secondary N) is 1. The van der Waals surface area contributed by atoms with Crippen molar-refractivity contribution in [3.63, 3.8) is 0 Å². The molecule has 2 aliphatic rings. The third-order valence-corrected chi connectivity index (χ3v) is 4.95. The van der Waals surface area contributed by atoms with Crippen molar-refractivity contribution >= 4 is 10.2 Å². The quantitative estimate of drug-likeness (QED) is 0.706. The maximum absolute atomic E-state index is 12.0. The van der Waals surface area contributed by atoms with Crippen LogP contribution in [0.2, 0.25) is 0 Å². The van der Waals surface area contributed by atoms with Crippen LogP contribution in [0.5, 0.6) is 0 Å². The van der Waals surface area contributed by atoms with Crippen molar-refractivity contribution in [2.45, 2.75) is 50.6 Å². The third-order valence-electron chi connectivity index (χ3n) is 3.22. The molecule has 0 spiro atoms. The standard InChI is InChI=1S/C10H20N2O3S/c13-8-2-4-10-3-1-7-12(10)16(14,15)11-9-5-6-9/h9-11,13H,1-8H2. The Morgan fingerprint density at radius 3 is 2.69 bits per heavy atom. The van der Waals surface area contributed by atoms with Gasteiger partial charge in [-0.2, -0.15) is 17.4 Å². The SMILES string of the molecule is O=S(=O)(NC1CC1)N1CCCC1CCCO. The van der Waals surface area contributed by atoms with Crippen molar-refractivity contribution in [1.29, 1.82) is 0 Å². The second-order valence-electron chi connectivity index (χ2n) is 4.67. The van der Waals surface area contributed by atoms with Gasteiger partial charge in [0.1, 0.15) is 0 Å². The molecule has 1 atom stereocenters. The molecule has 2 N–H and O–H groups in total. The fourth-order valence-electron chi connectivity index (χ4n) is 2.22. The van der Waals surface area contributed by atoms with Crippen LogP contribution in [0.3, 0.4) is 0 Å². The van der Waals surface area contributed by atoms with Gasteiger partial charge in [-0.1, -0.05) is 0 Å². The summed E-state index contributed by atoms with van der Waals surface area (Å²) in [7, 11) is -3.27. The molecular formula is C10H20N2O3S. The highest BCUT2D eigenvalue weighted by molar-refractivity contribution is 7.87. The molecule has 1 heterocycles. The molecule has 0 bridgehead atoms. The number of hydrogen-bond donors (Lipinski definition) is 2. The fourth-order valence-corrected chi connectivity index (χ4v) is 3.99. The van der Waals surface area contributed by atoms with Gasteiger partial charge in [0, 0.05) is 25.2 Å². The van der Waals surface area contributed by atoms with E-state index >= 15 is 0 Å². The van der Waals surface area contributed by atoms with Gasteiger partial charge in [0.05, 0.1) is 0 Å². The Kier molecular flexibility index (Phi) is 3.84. The van der Waals surface area contributed by atoms with Gasteiger partial charge in [-0.3, -0.25) is 0 Å². The minimum atomic E-state index is -3.27. The summed E-state index contributed by atoms with van der Waals surface area (Å²) in [5.41, 5.74) is 0. The molecule has 0 aromatic rings. The lowest BCUT2D eigenvalue weighted by molar-refractivity contribution is 0.263. The maximum atomic E-state index is 12.0. The molecule has 1 saturated carbocycles. The van der Waals surface area contributed by atoms with Crippen LogP contribution in [0.1, 0.15) is 38.5 Å². The molecule has 1 aliphatic carbocycles. The molecular weight excluding hydrogens is 228 g/mol. The van der Waals surface area contributed by atoms with E-state index in [1.807, 2.05) is 0 Å². The molecule has 0 amide bonds. The first-order valence-electron chi connectivity index (χ1n) is 6.03. The van der Waals surface area contributed by atoms with Gasteiger partial charge in [-0.15, -0.1) is 0 Å². The molecule has 0 radical (unpaired) electrons. The van der Waals surface area contributed by atoms with Crippen molar-refractivity contribution in [2.24, 2.45) is 0 Å². The van der Waals surface area contributed by atoms with E-state index in [1.165, 1.54) is 0 Å². The lowest BCUT2D eigenvalue weighted by Crippen LogP contribution is -2.44. The molecule has 1 aliphatic heterocycles. The molecule has 0 aromatic carbocycles. The third kappa shape index (κ3) is 2.94. The number of rotatable bonds is 6. The Hall–Kier alpha value is -0.170. The molecule has 1 saturated heterocycles. The van der Waals surface area contributed by atoms with E-state index in [0.717, 1.165) is 32.1 Å². The summed E-state index contributed by atoms with van der Waals surface area (Å²) in [5.74, 6) is 0. The zero-order chi connectivity index (χ0) is 11.6. The highest BCUT2D eigenvalue weighted by atomic mass is 32.2. The van der Waals surface area contributed by atoms with E-state index < -0.39 is 10.2 Å². The van der Waals surface area contributed by atoms with Crippen LogP contribution in [-0.2, 0) is 10.2 Å². The maximum Gasteiger partial charge on any atom is 0.279 e. The molecule has 2 fully saturated rings. The summed E-state index contributed by atoms with van der Waals surface area (Å²) in [5, 5.41) is 8.79. The van der Waals surface area contributed by atoms with E-state index in [0.29, 0.717) is 13.0 Å². The Morgan fingerprint density at radius 2 is 2.06 bits per heavy atom. The van der Waals surface area contributed by atoms with Crippen molar-refractivity contribution in [3.05, 3.63) is 0 Å². The van der Waals surface area contributed by atoms with Crippen molar-refractivity contribution in [1.82, 2.24) is 9.03 Å². The highest BCUT2D eigenvalue weighted by Gasteiger charge is 2.37. The normalized spacial score (nSPS) is 27.4. The lowest BCUT2D eigenvalue weighted by atomic mass is 10.1. The van der Waals surface area contributed by atoms with Crippen LogP contribution < -0.4 is 4.72 Å². The van der Waals surface area contributed by atoms with Gasteiger partial charge in [0.2, 0.25) is 0 Å². The van der Waals surface area contributed by atoms with Crippen molar-refractivity contribution in [3.8, 4) is 0 Å². The largest absolute Gasteiger partial charge is 0.396 e. The fraction of sp³-hybridized carbons (Fsp3) is 1.00. The number of aliphatic hydroxyl groups is 1. The monoisotopic (exact) mass is 248 g/mol. The predicted octanol–water partition coefficient (Wildman–Crippen LogP) is 0.220. The first kappa shape index (κ1) is 12.3. The van der Waals surface area contributed by atoms with Crippen molar-refractivity contribution in [2.75, 3.05) is 13.2 Å². The van der Waals surface area contributed by atoms with Gasteiger partial charge < -0.3 is 5.11 Å². The number of nitrogens with zero attached hydrogens (tertiary/aromatic N) is 1. The van der Waals surface area contributed by atoms with Gasteiger partial charge in [-0.25, -0.2) is 0 Å². The van der Waals surface area contributed by atoms with E-state index in [1.54, 1.807) is 4.31 Å². The lowest BCUT2D eigenvalue weighted by Gasteiger charge is -2.24. The van der Waals surface area contributed by atoms with Gasteiger partial charge in [0.25, 0.3) is 10.2 Å². The minimum absolute atomic E-state index is 0.0865. The van der Waals surface area contributed by atoms with E-state index in [2.05, 4.69) is 4.72 Å². The molecule has 6 heteroatoms. The number of hydrogen-bond acceptors (Lipinski definition) is 3. The van der Waals surface area contributed by atoms with Crippen LogP contribution in [-0.4, -0.2) is 43.1 Å². The van der Waals surface area contributed by atoms with Crippen LogP contribution >= 0.6 is 0 Å². The number of aliphatic hydroxyl groups excluding tert-OH is 1. The Bertz CT molecular complexity index is 327. The zero-order valence-electron chi connectivity index (χ0n) is 9.43. The summed E-state index contributed by atoms with van der Waals surface area (Å²) in [6.45, 7) is 0.762. The molecule has 1 unspecified atom stereocenters. The van der Waals surface area contributed by atoms with E-state index in [9.17, 15) is 8.42 Å². The molecule has 94 valence electrons. The molecule has 2 rings (SSSR count). The first-order chi connectivity index (χ1) is 7.63. The van der Waals surface area contributed by atoms with Crippen LogP contribution in [0.4, 0.5) is 0 Å². The summed E-state index contributed by atoms with van der Waals surface area (Å²) >= 11 is 0. The van der Waals surface area contributed by atoms with Crippen molar-refractivity contribution < 1.29 is 13.5 Å². The van der Waals surface area contributed by atoms with E-state index in [4.69, 9.17) is 5.11 Å². The van der Waals surface area contributed by atoms with Gasteiger partial charge >= 0.3 is 0 Å². The van der Waals surface area contributed by atoms with Crippen LogP contribution in [0.15, 0.2) is 0 Å². The van der Waals surface area contributed by atoms with E-state index in [-0.39, 0.29) is 18.7 Å². The molecule has 16 heavy (non-hydrogen) atoms. The average Bonchev–Trinajstić information content (AvgIpc) is 2.89. The summed E-state index contributed by atoms with van der Waals surface area (Å²) in [4.78, 5) is 0. The zero-order valence-corrected chi connectivity index (χ0v) is 10.2. The average molecular weight is 248 g/mol. The predicted molar refractivity (Wildman–Crippen MR) is 61.1 cm³/mol. The second kappa shape index (κ2) is 5.00. The second-order valence-corrected chi connectivity index (χ2v) is 6.32. The summed E-state index contributed by atoms with van der Waals surface area (Å²) in [6, 6.07) is 0.257. The van der Waals surface area contributed by atoms with Gasteiger partial charge in [0.15, 0.2) is 0 Å². The summed E-state index contributed by atoms with van der Waals surface area (Å²) < 4.78 is 28.3. The Morgan fingerprint density at radius 1 is 1.31 bits per heavy atom. The van der Waals surface area contributed by atoms with Crippen LogP contribution in [0, 0.1) is 0 Å². The minimum Gasteiger partial charge on any atom is -0.396 e. The highest BCUT2D eigenvalue weighted by Crippen LogP contribution is 2.26. The summed E-state index contributed by atoms with van der Waals surface area (Å²) in [6.07, 6.45) is 5.23. The topological polar surface area (TPSA) is 69.6 Å². The first-order valence-corrected chi connectivity index (χ1v) is 7.47. The smallest absolute Gasteiger partial charge is 0.279 e. The van der Waals surface area contributed by atoms with Crippen LogP contribution in [0.25, 0.3) is 0 Å². The Balaban J connectivity index is 1.94. The van der Waals surface area contributed by atoms with Gasteiger partial charge in [-0.05, 0) is 38.5 Å². The molecule has 5 nitrogen and oxygen atoms in total. The Labute approximate surface area is 97.0 Å².